The summed E-state index contributed by atoms with van der Waals surface area (Å²) in [6.07, 6.45) is 2.00. The van der Waals surface area contributed by atoms with Crippen LogP contribution in [0.5, 0.6) is 0 Å². The number of aromatic nitrogens is 1. The lowest BCUT2D eigenvalue weighted by Gasteiger charge is -2.34. The normalized spacial score (nSPS) is 18.3. The molecule has 0 spiro atoms. The molecule has 0 radical (unpaired) electrons. The zero-order valence-corrected chi connectivity index (χ0v) is 9.13. The van der Waals surface area contributed by atoms with E-state index in [-0.39, 0.29) is 5.91 Å². The van der Waals surface area contributed by atoms with Gasteiger partial charge >= 0.3 is 0 Å². The average molecular weight is 228 g/mol. The summed E-state index contributed by atoms with van der Waals surface area (Å²) in [6, 6.07) is 0. The van der Waals surface area contributed by atoms with Crippen LogP contribution in [0.1, 0.15) is 18.2 Å². The molecule has 0 aliphatic carbocycles. The van der Waals surface area contributed by atoms with Crippen LogP contribution in [-0.4, -0.2) is 29.2 Å². The van der Waals surface area contributed by atoms with Gasteiger partial charge in [0.25, 0.3) is 0 Å². The van der Waals surface area contributed by atoms with Crippen LogP contribution in [0.15, 0.2) is 6.20 Å². The predicted molar refractivity (Wildman–Crippen MR) is 55.8 cm³/mol. The smallest absolute Gasteiger partial charge is 0.225 e. The number of anilines is 1. The lowest BCUT2D eigenvalue weighted by molar-refractivity contribution is -0.182. The molecule has 1 aromatic heterocycles. The molecule has 1 aliphatic rings. The Bertz CT molecular complexity index is 373. The minimum Gasteiger partial charge on any atom is -0.379 e. The van der Waals surface area contributed by atoms with Gasteiger partial charge in [0.1, 0.15) is 5.60 Å². The van der Waals surface area contributed by atoms with Crippen molar-refractivity contribution in [3.05, 3.63) is 11.1 Å². The second-order valence-corrected chi connectivity index (χ2v) is 4.49. The molecule has 0 aromatic carbocycles. The monoisotopic (exact) mass is 228 g/mol. The Kier molecular flexibility index (Phi) is 2.72. The summed E-state index contributed by atoms with van der Waals surface area (Å²) in [5, 5.41) is 13.1. The van der Waals surface area contributed by atoms with Gasteiger partial charge in [0.2, 0.25) is 5.91 Å². The van der Waals surface area contributed by atoms with Crippen molar-refractivity contribution in [3.63, 3.8) is 0 Å². The summed E-state index contributed by atoms with van der Waals surface area (Å²) in [4.78, 5) is 15.9. The molecule has 1 amide bonds. The number of amides is 1. The van der Waals surface area contributed by atoms with E-state index in [1.165, 1.54) is 11.3 Å². The van der Waals surface area contributed by atoms with Gasteiger partial charge in [-0.1, -0.05) is 18.3 Å². The Morgan fingerprint density at radius 1 is 1.80 bits per heavy atom. The fourth-order valence-electron chi connectivity index (χ4n) is 1.19. The molecule has 1 aliphatic heterocycles. The van der Waals surface area contributed by atoms with E-state index >= 15 is 0 Å². The summed E-state index contributed by atoms with van der Waals surface area (Å²) >= 11 is 1.29. The van der Waals surface area contributed by atoms with E-state index in [2.05, 4.69) is 10.3 Å². The fraction of sp³-hybridized carbons (Fsp3) is 0.556. The van der Waals surface area contributed by atoms with Crippen LogP contribution >= 0.6 is 11.3 Å². The molecular weight excluding hydrogens is 216 g/mol. The average Bonchev–Trinajstić information content (AvgIpc) is 2.62. The van der Waals surface area contributed by atoms with Crippen molar-refractivity contribution in [2.45, 2.75) is 18.9 Å². The van der Waals surface area contributed by atoms with E-state index in [0.29, 0.717) is 24.8 Å². The number of nitrogens with one attached hydrogen (secondary N) is 1. The summed E-state index contributed by atoms with van der Waals surface area (Å²) in [7, 11) is 0. The largest absolute Gasteiger partial charge is 0.379 e. The number of ether oxygens (including phenoxy) is 1. The minimum atomic E-state index is -0.896. The first-order valence-electron chi connectivity index (χ1n) is 4.70. The van der Waals surface area contributed by atoms with Crippen LogP contribution in [0.4, 0.5) is 5.13 Å². The molecule has 5 nitrogen and oxygen atoms in total. The van der Waals surface area contributed by atoms with Gasteiger partial charge in [0.15, 0.2) is 5.13 Å². The van der Waals surface area contributed by atoms with Gasteiger partial charge < -0.3 is 15.2 Å². The maximum Gasteiger partial charge on any atom is 0.225 e. The highest BCUT2D eigenvalue weighted by Crippen LogP contribution is 2.34. The summed E-state index contributed by atoms with van der Waals surface area (Å²) < 4.78 is 4.95. The molecule has 0 unspecified atom stereocenters. The van der Waals surface area contributed by atoms with Gasteiger partial charge in [-0.05, 0) is 0 Å². The Morgan fingerprint density at radius 2 is 2.53 bits per heavy atom. The van der Waals surface area contributed by atoms with Crippen molar-refractivity contribution in [3.8, 4) is 0 Å². The number of aliphatic hydroxyl groups is 1. The fourth-order valence-corrected chi connectivity index (χ4v) is 2.08. The van der Waals surface area contributed by atoms with Crippen molar-refractivity contribution in [1.82, 2.24) is 4.98 Å². The quantitative estimate of drug-likeness (QED) is 0.799. The van der Waals surface area contributed by atoms with Crippen LogP contribution < -0.4 is 5.32 Å². The zero-order valence-electron chi connectivity index (χ0n) is 8.32. The summed E-state index contributed by atoms with van der Waals surface area (Å²) in [6.45, 7) is 2.38. The Morgan fingerprint density at radius 3 is 3.07 bits per heavy atom. The van der Waals surface area contributed by atoms with Gasteiger partial charge in [-0.2, -0.15) is 0 Å². The van der Waals surface area contributed by atoms with Gasteiger partial charge in [0.05, 0.1) is 18.1 Å². The van der Waals surface area contributed by atoms with Crippen molar-refractivity contribution in [2.24, 2.45) is 0 Å². The minimum absolute atomic E-state index is 0.0762. The summed E-state index contributed by atoms with van der Waals surface area (Å²) in [5.74, 6) is -0.0762. The molecule has 1 saturated heterocycles. The molecule has 1 fully saturated rings. The first kappa shape index (κ1) is 10.5. The highest BCUT2D eigenvalue weighted by molar-refractivity contribution is 7.15. The number of carbonyl (C=O) groups is 1. The zero-order chi connectivity index (χ0) is 10.9. The van der Waals surface area contributed by atoms with Gasteiger partial charge in [-0.25, -0.2) is 4.98 Å². The number of nitrogens with zero attached hydrogens (tertiary/aromatic N) is 1. The molecule has 0 saturated carbocycles. The van der Waals surface area contributed by atoms with Gasteiger partial charge in [0, 0.05) is 12.6 Å². The van der Waals surface area contributed by atoms with Crippen LogP contribution in [0, 0.1) is 0 Å². The molecule has 82 valence electrons. The second kappa shape index (κ2) is 3.88. The van der Waals surface area contributed by atoms with Gasteiger partial charge in [-0.15, -0.1) is 0 Å². The molecule has 6 heteroatoms. The third-order valence-corrected chi connectivity index (χ3v) is 3.32. The maximum absolute atomic E-state index is 11.1. The highest BCUT2D eigenvalue weighted by Gasteiger charge is 2.39. The van der Waals surface area contributed by atoms with Gasteiger partial charge in [-0.3, -0.25) is 4.79 Å². The van der Waals surface area contributed by atoms with Crippen molar-refractivity contribution in [2.75, 3.05) is 18.5 Å². The third kappa shape index (κ3) is 2.01. The van der Waals surface area contributed by atoms with Crippen LogP contribution in [0.25, 0.3) is 0 Å². The van der Waals surface area contributed by atoms with Crippen molar-refractivity contribution >= 4 is 22.4 Å². The molecule has 15 heavy (non-hydrogen) atoms. The molecule has 2 N–H and O–H groups in total. The molecular formula is C9H12N2O3S. The SMILES string of the molecule is CCC(=O)Nc1ncc(C2(O)COC2)s1. The molecule has 1 aromatic rings. The van der Waals surface area contributed by atoms with E-state index in [1.54, 1.807) is 13.1 Å². The summed E-state index contributed by atoms with van der Waals surface area (Å²) in [5.41, 5.74) is -0.896. The van der Waals surface area contributed by atoms with E-state index < -0.39 is 5.60 Å². The second-order valence-electron chi connectivity index (χ2n) is 3.46. The van der Waals surface area contributed by atoms with Crippen LogP contribution in [0.3, 0.4) is 0 Å². The lowest BCUT2D eigenvalue weighted by atomic mass is 10.0. The van der Waals surface area contributed by atoms with E-state index in [1.807, 2.05) is 0 Å². The number of thiazole rings is 1. The number of carbonyl (C=O) groups excluding carboxylic acids is 1. The molecule has 2 rings (SSSR count). The van der Waals surface area contributed by atoms with Crippen LogP contribution in [-0.2, 0) is 15.1 Å². The number of rotatable bonds is 3. The Hall–Kier alpha value is -0.980. The predicted octanol–water partition coefficient (Wildman–Crippen LogP) is 0.709. The van der Waals surface area contributed by atoms with E-state index in [9.17, 15) is 9.90 Å². The molecule has 0 bridgehead atoms. The molecule has 0 atom stereocenters. The third-order valence-electron chi connectivity index (χ3n) is 2.21. The lowest BCUT2D eigenvalue weighted by Crippen LogP contribution is -2.45. The van der Waals surface area contributed by atoms with E-state index in [0.717, 1.165) is 4.88 Å². The highest BCUT2D eigenvalue weighted by atomic mass is 32.1. The van der Waals surface area contributed by atoms with Crippen molar-refractivity contribution < 1.29 is 14.6 Å². The Labute approximate surface area is 91.1 Å². The first-order chi connectivity index (χ1) is 7.14. The van der Waals surface area contributed by atoms with E-state index in [4.69, 9.17) is 4.74 Å². The van der Waals surface area contributed by atoms with Crippen LogP contribution in [0.2, 0.25) is 0 Å². The first-order valence-corrected chi connectivity index (χ1v) is 5.52. The topological polar surface area (TPSA) is 71.5 Å². The Balaban J connectivity index is 2.07. The molecule has 2 heterocycles. The standard InChI is InChI=1S/C9H12N2O3S/c1-2-7(12)11-8-10-3-6(15-8)9(13)4-14-5-9/h3,13H,2,4-5H2,1H3,(H,10,11,12). The number of hydrogen-bond donors (Lipinski definition) is 2. The van der Waals surface area contributed by atoms with Crippen molar-refractivity contribution in [1.29, 1.82) is 0 Å². The maximum atomic E-state index is 11.1. The number of hydrogen-bond acceptors (Lipinski definition) is 5.